The smallest absolute Gasteiger partial charge is 0.216 e. The molecule has 4 heteroatoms. The summed E-state index contributed by atoms with van der Waals surface area (Å²) in [5.74, 6) is -0.0217. The van der Waals surface area contributed by atoms with E-state index >= 15 is 0 Å². The maximum Gasteiger partial charge on any atom is 0.216 e. The summed E-state index contributed by atoms with van der Waals surface area (Å²) in [6, 6.07) is 5.49. The number of amides is 1. The number of carbonyl (C=O) groups is 1. The molecule has 0 atom stereocenters. The number of carbonyl (C=O) groups excluding carboxylic acids is 1. The molecule has 0 saturated carbocycles. The largest absolute Gasteiger partial charge is 0.398 e. The highest BCUT2D eigenvalue weighted by atomic mass is 35.5. The van der Waals surface area contributed by atoms with E-state index in [1.165, 1.54) is 6.92 Å². The van der Waals surface area contributed by atoms with Crippen LogP contribution in [0.4, 0.5) is 5.69 Å². The fourth-order valence-corrected chi connectivity index (χ4v) is 1.31. The Hall–Kier alpha value is -1.22. The van der Waals surface area contributed by atoms with Gasteiger partial charge in [-0.25, -0.2) is 0 Å². The average Bonchev–Trinajstić information content (AvgIpc) is 2.10. The van der Waals surface area contributed by atoms with Crippen LogP contribution in [0.3, 0.4) is 0 Å². The highest BCUT2D eigenvalue weighted by Crippen LogP contribution is 2.19. The fraction of sp³-hybridized carbons (Fsp3) is 0.300. The lowest BCUT2D eigenvalue weighted by Gasteiger charge is -2.04. The van der Waals surface area contributed by atoms with Crippen molar-refractivity contribution in [2.45, 2.75) is 13.3 Å². The first-order chi connectivity index (χ1) is 6.59. The van der Waals surface area contributed by atoms with Crippen LogP contribution in [0.25, 0.3) is 0 Å². The molecule has 0 aromatic heterocycles. The van der Waals surface area contributed by atoms with Crippen LogP contribution in [0, 0.1) is 0 Å². The molecule has 3 N–H and O–H groups in total. The zero-order chi connectivity index (χ0) is 10.6. The van der Waals surface area contributed by atoms with E-state index in [1.807, 2.05) is 12.1 Å². The standard InChI is InChI=1S/C10H13ClN2O/c1-7(14)13-5-4-8-2-3-10(12)9(11)6-8/h2-3,6H,4-5,12H2,1H3,(H,13,14). The molecule has 0 heterocycles. The van der Waals surface area contributed by atoms with Crippen molar-refractivity contribution in [1.82, 2.24) is 5.32 Å². The van der Waals surface area contributed by atoms with E-state index in [1.54, 1.807) is 6.07 Å². The summed E-state index contributed by atoms with van der Waals surface area (Å²) >= 11 is 5.84. The van der Waals surface area contributed by atoms with E-state index in [4.69, 9.17) is 17.3 Å². The number of rotatable bonds is 3. The summed E-state index contributed by atoms with van der Waals surface area (Å²) in [7, 11) is 0. The summed E-state index contributed by atoms with van der Waals surface area (Å²) in [6.45, 7) is 2.12. The number of nitrogens with one attached hydrogen (secondary N) is 1. The first kappa shape index (κ1) is 10.9. The topological polar surface area (TPSA) is 55.1 Å². The van der Waals surface area contributed by atoms with Crippen molar-refractivity contribution in [3.63, 3.8) is 0 Å². The third-order valence-corrected chi connectivity index (χ3v) is 2.18. The van der Waals surface area contributed by atoms with E-state index in [-0.39, 0.29) is 5.91 Å². The second-order valence-corrected chi connectivity index (χ2v) is 3.50. The summed E-state index contributed by atoms with van der Waals surface area (Å²) in [4.78, 5) is 10.6. The van der Waals surface area contributed by atoms with Crippen LogP contribution < -0.4 is 11.1 Å². The Bertz CT molecular complexity index is 339. The van der Waals surface area contributed by atoms with E-state index in [0.29, 0.717) is 17.3 Å². The quantitative estimate of drug-likeness (QED) is 0.748. The second-order valence-electron chi connectivity index (χ2n) is 3.09. The Morgan fingerprint density at radius 2 is 2.29 bits per heavy atom. The van der Waals surface area contributed by atoms with Gasteiger partial charge in [-0.2, -0.15) is 0 Å². The van der Waals surface area contributed by atoms with Gasteiger partial charge in [-0.3, -0.25) is 4.79 Å². The van der Waals surface area contributed by atoms with E-state index in [2.05, 4.69) is 5.32 Å². The van der Waals surface area contributed by atoms with Crippen molar-refractivity contribution in [2.24, 2.45) is 0 Å². The summed E-state index contributed by atoms with van der Waals surface area (Å²) < 4.78 is 0. The van der Waals surface area contributed by atoms with Crippen molar-refractivity contribution in [2.75, 3.05) is 12.3 Å². The molecule has 0 saturated heterocycles. The molecule has 0 radical (unpaired) electrons. The number of hydrogen-bond donors (Lipinski definition) is 2. The summed E-state index contributed by atoms with van der Waals surface area (Å²) in [5, 5.41) is 3.28. The van der Waals surface area contributed by atoms with Crippen molar-refractivity contribution >= 4 is 23.2 Å². The molecule has 76 valence electrons. The van der Waals surface area contributed by atoms with E-state index in [0.717, 1.165) is 12.0 Å². The molecule has 0 spiro atoms. The number of hydrogen-bond acceptors (Lipinski definition) is 2. The van der Waals surface area contributed by atoms with E-state index < -0.39 is 0 Å². The monoisotopic (exact) mass is 212 g/mol. The van der Waals surface area contributed by atoms with Crippen molar-refractivity contribution in [1.29, 1.82) is 0 Å². The molecule has 14 heavy (non-hydrogen) atoms. The maximum atomic E-state index is 10.6. The number of nitrogens with two attached hydrogens (primary N) is 1. The van der Waals surface area contributed by atoms with Crippen LogP contribution in [0.15, 0.2) is 18.2 Å². The molecule has 0 fully saturated rings. The first-order valence-electron chi connectivity index (χ1n) is 4.38. The number of benzene rings is 1. The zero-order valence-electron chi connectivity index (χ0n) is 8.01. The van der Waals surface area contributed by atoms with Gasteiger partial charge >= 0.3 is 0 Å². The van der Waals surface area contributed by atoms with Gasteiger partial charge in [-0.05, 0) is 24.1 Å². The zero-order valence-corrected chi connectivity index (χ0v) is 8.77. The van der Waals surface area contributed by atoms with Crippen LogP contribution in [-0.4, -0.2) is 12.5 Å². The molecule has 0 aliphatic rings. The Kier molecular flexibility index (Phi) is 3.77. The second kappa shape index (κ2) is 4.86. The SMILES string of the molecule is CC(=O)NCCc1ccc(N)c(Cl)c1. The Labute approximate surface area is 88.2 Å². The lowest BCUT2D eigenvalue weighted by Crippen LogP contribution is -2.22. The molecule has 1 aromatic rings. The molecule has 1 rings (SSSR count). The highest BCUT2D eigenvalue weighted by molar-refractivity contribution is 6.33. The van der Waals surface area contributed by atoms with Crippen LogP contribution in [0.2, 0.25) is 5.02 Å². The van der Waals surface area contributed by atoms with E-state index in [9.17, 15) is 4.79 Å². The van der Waals surface area contributed by atoms with Gasteiger partial charge in [0.05, 0.1) is 10.7 Å². The number of halogens is 1. The molecule has 0 aliphatic heterocycles. The van der Waals surface area contributed by atoms with Gasteiger partial charge in [0.25, 0.3) is 0 Å². The van der Waals surface area contributed by atoms with Crippen molar-refractivity contribution < 1.29 is 4.79 Å². The Morgan fingerprint density at radius 1 is 1.57 bits per heavy atom. The van der Waals surface area contributed by atoms with Gasteiger partial charge in [0, 0.05) is 13.5 Å². The normalized spacial score (nSPS) is 9.86. The van der Waals surface area contributed by atoms with Crippen molar-refractivity contribution in [3.05, 3.63) is 28.8 Å². The minimum Gasteiger partial charge on any atom is -0.398 e. The number of nitrogen functional groups attached to an aromatic ring is 1. The van der Waals surface area contributed by atoms with Crippen LogP contribution in [0.1, 0.15) is 12.5 Å². The lowest BCUT2D eigenvalue weighted by molar-refractivity contribution is -0.118. The van der Waals surface area contributed by atoms with Gasteiger partial charge in [0.2, 0.25) is 5.91 Å². The van der Waals surface area contributed by atoms with Crippen molar-refractivity contribution in [3.8, 4) is 0 Å². The van der Waals surface area contributed by atoms with Crippen LogP contribution in [-0.2, 0) is 11.2 Å². The molecule has 1 aromatic carbocycles. The predicted molar refractivity (Wildman–Crippen MR) is 58.3 cm³/mol. The predicted octanol–water partition coefficient (Wildman–Crippen LogP) is 1.60. The third kappa shape index (κ3) is 3.26. The average molecular weight is 213 g/mol. The molecule has 0 aliphatic carbocycles. The lowest BCUT2D eigenvalue weighted by atomic mass is 10.1. The van der Waals surface area contributed by atoms with Crippen LogP contribution in [0.5, 0.6) is 0 Å². The summed E-state index contributed by atoms with van der Waals surface area (Å²) in [6.07, 6.45) is 0.763. The van der Waals surface area contributed by atoms with Gasteiger partial charge < -0.3 is 11.1 Å². The minimum atomic E-state index is -0.0217. The molecule has 3 nitrogen and oxygen atoms in total. The summed E-state index contributed by atoms with van der Waals surface area (Å²) in [5.41, 5.74) is 7.21. The van der Waals surface area contributed by atoms with Crippen LogP contribution >= 0.6 is 11.6 Å². The molecule has 1 amide bonds. The molecular formula is C10H13ClN2O. The third-order valence-electron chi connectivity index (χ3n) is 1.85. The molecule has 0 bridgehead atoms. The Balaban J connectivity index is 2.51. The fourth-order valence-electron chi connectivity index (χ4n) is 1.11. The molecular weight excluding hydrogens is 200 g/mol. The molecule has 0 unspecified atom stereocenters. The first-order valence-corrected chi connectivity index (χ1v) is 4.75. The van der Waals surface area contributed by atoms with Gasteiger partial charge in [-0.1, -0.05) is 17.7 Å². The Morgan fingerprint density at radius 3 is 2.86 bits per heavy atom. The van der Waals surface area contributed by atoms with Gasteiger partial charge in [0.15, 0.2) is 0 Å². The van der Waals surface area contributed by atoms with Gasteiger partial charge in [0.1, 0.15) is 0 Å². The number of anilines is 1. The maximum absolute atomic E-state index is 10.6. The minimum absolute atomic E-state index is 0.0217. The van der Waals surface area contributed by atoms with Gasteiger partial charge in [-0.15, -0.1) is 0 Å². The highest BCUT2D eigenvalue weighted by Gasteiger charge is 1.98.